The number of ether oxygens (including phenoxy) is 1. The Hall–Kier alpha value is -1.39. The summed E-state index contributed by atoms with van der Waals surface area (Å²) in [4.78, 5) is 11.5. The van der Waals surface area contributed by atoms with Crippen LogP contribution in [0.3, 0.4) is 0 Å². The molecule has 20 heavy (non-hydrogen) atoms. The lowest BCUT2D eigenvalue weighted by molar-refractivity contribution is -0.145. The van der Waals surface area contributed by atoms with Crippen LogP contribution in [-0.4, -0.2) is 29.8 Å². The quantitative estimate of drug-likeness (QED) is 0.810. The van der Waals surface area contributed by atoms with Crippen molar-refractivity contribution in [1.29, 1.82) is 0 Å². The van der Waals surface area contributed by atoms with Gasteiger partial charge in [-0.25, -0.2) is 0 Å². The summed E-state index contributed by atoms with van der Waals surface area (Å²) < 4.78 is 4.95. The number of carbonyl (C=O) groups excluding carboxylic acids is 1. The first-order valence-electron chi connectivity index (χ1n) is 7.32. The van der Waals surface area contributed by atoms with E-state index in [1.807, 2.05) is 30.3 Å². The molecule has 0 bridgehead atoms. The van der Waals surface area contributed by atoms with Gasteiger partial charge < -0.3 is 15.2 Å². The Kier molecular flexibility index (Phi) is 5.15. The summed E-state index contributed by atoms with van der Waals surface area (Å²) in [7, 11) is 0. The molecule has 1 aromatic rings. The van der Waals surface area contributed by atoms with E-state index in [1.54, 1.807) is 6.92 Å². The Morgan fingerprint density at radius 1 is 1.45 bits per heavy atom. The van der Waals surface area contributed by atoms with Gasteiger partial charge in [0.15, 0.2) is 0 Å². The van der Waals surface area contributed by atoms with Crippen molar-refractivity contribution in [3.05, 3.63) is 35.9 Å². The number of nitrogens with one attached hydrogen (secondary N) is 1. The molecule has 0 radical (unpaired) electrons. The van der Waals surface area contributed by atoms with Crippen molar-refractivity contribution in [2.24, 2.45) is 0 Å². The van der Waals surface area contributed by atoms with Crippen molar-refractivity contribution in [2.45, 2.75) is 44.2 Å². The van der Waals surface area contributed by atoms with Crippen molar-refractivity contribution in [3.8, 4) is 0 Å². The molecule has 2 N–H and O–H groups in total. The molecule has 1 fully saturated rings. The van der Waals surface area contributed by atoms with Crippen LogP contribution in [0.5, 0.6) is 0 Å². The van der Waals surface area contributed by atoms with E-state index in [2.05, 4.69) is 5.32 Å². The summed E-state index contributed by atoms with van der Waals surface area (Å²) in [5.74, 6) is -0.238. The highest BCUT2D eigenvalue weighted by Gasteiger charge is 2.39. The fourth-order valence-electron chi connectivity index (χ4n) is 2.87. The molecule has 0 aromatic heterocycles. The Morgan fingerprint density at radius 3 is 2.90 bits per heavy atom. The zero-order valence-corrected chi connectivity index (χ0v) is 12.0. The third kappa shape index (κ3) is 3.58. The Morgan fingerprint density at radius 2 is 2.20 bits per heavy atom. The third-order valence-electron chi connectivity index (χ3n) is 3.87. The molecule has 1 aliphatic heterocycles. The predicted molar refractivity (Wildman–Crippen MR) is 77.2 cm³/mol. The van der Waals surface area contributed by atoms with E-state index in [-0.39, 0.29) is 18.4 Å². The number of hydrogen-bond acceptors (Lipinski definition) is 4. The maximum absolute atomic E-state index is 11.5. The fraction of sp³-hybridized carbons (Fsp3) is 0.562. The van der Waals surface area contributed by atoms with Crippen LogP contribution in [0.1, 0.15) is 44.2 Å². The lowest BCUT2D eigenvalue weighted by atomic mass is 9.79. The third-order valence-corrected chi connectivity index (χ3v) is 3.87. The normalized spacial score (nSPS) is 26.2. The molecule has 4 nitrogen and oxygen atoms in total. The lowest BCUT2D eigenvalue weighted by Gasteiger charge is -2.41. The van der Waals surface area contributed by atoms with Crippen LogP contribution in [0.2, 0.25) is 0 Å². The van der Waals surface area contributed by atoms with E-state index in [4.69, 9.17) is 4.74 Å². The standard InChI is InChI=1S/C16H23NO3/c1-2-20-14(18)9-11-16(19)10-6-12-17-15(16)13-7-4-3-5-8-13/h3-5,7-8,15,17,19H,2,6,9-12H2,1H3/t15-,16+/m0/s1. The smallest absolute Gasteiger partial charge is 0.305 e. The predicted octanol–water partition coefficient (Wildman–Crippen LogP) is 2.19. The monoisotopic (exact) mass is 277 g/mol. The van der Waals surface area contributed by atoms with Gasteiger partial charge in [-0.15, -0.1) is 0 Å². The van der Waals surface area contributed by atoms with Crippen molar-refractivity contribution in [2.75, 3.05) is 13.2 Å². The second-order valence-corrected chi connectivity index (χ2v) is 5.31. The second kappa shape index (κ2) is 6.86. The van der Waals surface area contributed by atoms with Gasteiger partial charge in [0.2, 0.25) is 0 Å². The number of piperidine rings is 1. The van der Waals surface area contributed by atoms with Crippen molar-refractivity contribution in [3.63, 3.8) is 0 Å². The first-order valence-corrected chi connectivity index (χ1v) is 7.32. The summed E-state index contributed by atoms with van der Waals surface area (Å²) in [6.07, 6.45) is 2.31. The molecule has 110 valence electrons. The van der Waals surface area contributed by atoms with Crippen LogP contribution >= 0.6 is 0 Å². The minimum absolute atomic E-state index is 0.119. The minimum atomic E-state index is -0.883. The molecule has 1 aliphatic rings. The zero-order chi connectivity index (χ0) is 14.4. The molecule has 0 spiro atoms. The van der Waals surface area contributed by atoms with Crippen LogP contribution < -0.4 is 5.32 Å². The van der Waals surface area contributed by atoms with Crippen LogP contribution in [0, 0.1) is 0 Å². The molecule has 2 atom stereocenters. The van der Waals surface area contributed by atoms with E-state index < -0.39 is 5.60 Å². The van der Waals surface area contributed by atoms with Gasteiger partial charge in [-0.2, -0.15) is 0 Å². The van der Waals surface area contributed by atoms with E-state index in [0.29, 0.717) is 19.4 Å². The summed E-state index contributed by atoms with van der Waals surface area (Å²) in [6.45, 7) is 3.07. The molecular weight excluding hydrogens is 254 g/mol. The van der Waals surface area contributed by atoms with Gasteiger partial charge in [0, 0.05) is 6.42 Å². The van der Waals surface area contributed by atoms with Gasteiger partial charge in [0.05, 0.1) is 18.2 Å². The molecule has 0 amide bonds. The number of carbonyl (C=O) groups is 1. The van der Waals surface area contributed by atoms with Gasteiger partial charge in [-0.1, -0.05) is 30.3 Å². The zero-order valence-electron chi connectivity index (χ0n) is 12.0. The lowest BCUT2D eigenvalue weighted by Crippen LogP contribution is -2.48. The van der Waals surface area contributed by atoms with Crippen LogP contribution in [0.25, 0.3) is 0 Å². The average Bonchev–Trinajstić information content (AvgIpc) is 2.47. The SMILES string of the molecule is CCOC(=O)CC[C@]1(O)CCCN[C@H]1c1ccccc1. The maximum atomic E-state index is 11.5. The van der Waals surface area contributed by atoms with Gasteiger partial charge in [0.1, 0.15) is 0 Å². The fourth-order valence-corrected chi connectivity index (χ4v) is 2.87. The minimum Gasteiger partial charge on any atom is -0.466 e. The Labute approximate surface area is 120 Å². The summed E-state index contributed by atoms with van der Waals surface area (Å²) in [5, 5.41) is 14.3. The topological polar surface area (TPSA) is 58.6 Å². The first kappa shape index (κ1) is 15.0. The van der Waals surface area contributed by atoms with Crippen LogP contribution in [0.4, 0.5) is 0 Å². The van der Waals surface area contributed by atoms with Crippen molar-refractivity contribution < 1.29 is 14.6 Å². The van der Waals surface area contributed by atoms with Crippen LogP contribution in [-0.2, 0) is 9.53 Å². The number of esters is 1. The number of benzene rings is 1. The Bertz CT molecular complexity index is 435. The maximum Gasteiger partial charge on any atom is 0.305 e. The number of aliphatic hydroxyl groups is 1. The molecule has 0 aliphatic carbocycles. The highest BCUT2D eigenvalue weighted by molar-refractivity contribution is 5.69. The number of rotatable bonds is 5. The van der Waals surface area contributed by atoms with Crippen LogP contribution in [0.15, 0.2) is 30.3 Å². The average molecular weight is 277 g/mol. The van der Waals surface area contributed by atoms with E-state index in [1.165, 1.54) is 0 Å². The van der Waals surface area contributed by atoms with E-state index in [9.17, 15) is 9.90 Å². The number of hydrogen-bond donors (Lipinski definition) is 2. The first-order chi connectivity index (χ1) is 9.65. The van der Waals surface area contributed by atoms with Crippen molar-refractivity contribution >= 4 is 5.97 Å². The van der Waals surface area contributed by atoms with E-state index >= 15 is 0 Å². The highest BCUT2D eigenvalue weighted by atomic mass is 16.5. The van der Waals surface area contributed by atoms with Gasteiger partial charge >= 0.3 is 5.97 Å². The second-order valence-electron chi connectivity index (χ2n) is 5.31. The van der Waals surface area contributed by atoms with Gasteiger partial charge in [-0.05, 0) is 38.3 Å². The molecule has 2 rings (SSSR count). The molecule has 0 saturated carbocycles. The Balaban J connectivity index is 2.07. The van der Waals surface area contributed by atoms with Crippen molar-refractivity contribution in [1.82, 2.24) is 5.32 Å². The van der Waals surface area contributed by atoms with Gasteiger partial charge in [0.25, 0.3) is 0 Å². The van der Waals surface area contributed by atoms with E-state index in [0.717, 1.165) is 18.5 Å². The van der Waals surface area contributed by atoms with Gasteiger partial charge in [-0.3, -0.25) is 4.79 Å². The molecule has 4 heteroatoms. The summed E-state index contributed by atoms with van der Waals surface area (Å²) in [5.41, 5.74) is 0.186. The molecule has 1 saturated heterocycles. The molecular formula is C16H23NO3. The molecule has 0 unspecified atom stereocenters. The summed E-state index contributed by atoms with van der Waals surface area (Å²) >= 11 is 0. The molecule has 1 aromatic carbocycles. The summed E-state index contributed by atoms with van der Waals surface area (Å²) in [6, 6.07) is 9.81. The largest absolute Gasteiger partial charge is 0.466 e. The highest BCUT2D eigenvalue weighted by Crippen LogP contribution is 2.36. The molecule has 1 heterocycles.